The molecule has 1 aliphatic heterocycles. The van der Waals surface area contributed by atoms with E-state index in [9.17, 15) is 19.5 Å². The predicted molar refractivity (Wildman–Crippen MR) is 86.5 cm³/mol. The quantitative estimate of drug-likeness (QED) is 0.689. The van der Waals surface area contributed by atoms with E-state index in [0.29, 0.717) is 37.7 Å². The zero-order valence-electron chi connectivity index (χ0n) is 13.2. The molecule has 0 atom stereocenters. The second-order valence-electron chi connectivity index (χ2n) is 5.43. The van der Waals surface area contributed by atoms with E-state index in [1.807, 2.05) is 4.90 Å². The van der Waals surface area contributed by atoms with Crippen LogP contribution in [0, 0.1) is 0 Å². The van der Waals surface area contributed by atoms with Crippen molar-refractivity contribution < 1.29 is 29.3 Å². The topological polar surface area (TPSA) is 116 Å². The fourth-order valence-electron chi connectivity index (χ4n) is 2.49. The van der Waals surface area contributed by atoms with E-state index in [0.717, 1.165) is 0 Å². The first-order chi connectivity index (χ1) is 11.5. The van der Waals surface area contributed by atoms with E-state index in [1.165, 1.54) is 6.07 Å². The van der Waals surface area contributed by atoms with Gasteiger partial charge in [0.05, 0.1) is 24.5 Å². The molecular weight excluding hydrogens is 316 g/mol. The molecule has 1 aliphatic rings. The molecule has 0 aromatic heterocycles. The van der Waals surface area contributed by atoms with Gasteiger partial charge in [-0.2, -0.15) is 0 Å². The number of ether oxygens (including phenoxy) is 1. The van der Waals surface area contributed by atoms with Crippen molar-refractivity contribution in [3.05, 3.63) is 23.8 Å². The molecule has 1 fully saturated rings. The highest BCUT2D eigenvalue weighted by Gasteiger charge is 2.19. The molecule has 3 N–H and O–H groups in total. The van der Waals surface area contributed by atoms with E-state index in [1.54, 1.807) is 12.1 Å². The van der Waals surface area contributed by atoms with E-state index in [4.69, 9.17) is 9.84 Å². The number of carbonyl (C=O) groups is 3. The van der Waals surface area contributed by atoms with Crippen LogP contribution in [0.5, 0.6) is 0 Å². The first-order valence-electron chi connectivity index (χ1n) is 7.69. The second-order valence-corrected chi connectivity index (χ2v) is 5.43. The SMILES string of the molecule is O=C(O)CCCC(=O)Nc1ccc(N2CCOCC2)c(C(=O)O)c1. The molecule has 1 aromatic rings. The number of hydrogen-bond acceptors (Lipinski definition) is 5. The molecule has 130 valence electrons. The van der Waals surface area contributed by atoms with Crippen LogP contribution in [0.4, 0.5) is 11.4 Å². The van der Waals surface area contributed by atoms with E-state index in [-0.39, 0.29) is 30.7 Å². The fourth-order valence-corrected chi connectivity index (χ4v) is 2.49. The zero-order valence-corrected chi connectivity index (χ0v) is 13.2. The lowest BCUT2D eigenvalue weighted by Crippen LogP contribution is -2.37. The van der Waals surface area contributed by atoms with Crippen molar-refractivity contribution in [1.29, 1.82) is 0 Å². The van der Waals surface area contributed by atoms with Gasteiger partial charge in [-0.1, -0.05) is 0 Å². The highest BCUT2D eigenvalue weighted by molar-refractivity contribution is 5.98. The summed E-state index contributed by atoms with van der Waals surface area (Å²) in [6.45, 7) is 2.31. The number of nitrogens with zero attached hydrogens (tertiary/aromatic N) is 1. The van der Waals surface area contributed by atoms with Gasteiger partial charge in [-0.25, -0.2) is 4.79 Å². The van der Waals surface area contributed by atoms with E-state index < -0.39 is 11.9 Å². The van der Waals surface area contributed by atoms with E-state index >= 15 is 0 Å². The first-order valence-corrected chi connectivity index (χ1v) is 7.69. The van der Waals surface area contributed by atoms with Gasteiger partial charge >= 0.3 is 11.9 Å². The lowest BCUT2D eigenvalue weighted by molar-refractivity contribution is -0.137. The molecule has 0 radical (unpaired) electrons. The largest absolute Gasteiger partial charge is 0.481 e. The lowest BCUT2D eigenvalue weighted by atomic mass is 10.1. The van der Waals surface area contributed by atoms with Crippen LogP contribution in [0.3, 0.4) is 0 Å². The van der Waals surface area contributed by atoms with Gasteiger partial charge in [0.2, 0.25) is 5.91 Å². The lowest BCUT2D eigenvalue weighted by Gasteiger charge is -2.30. The van der Waals surface area contributed by atoms with Gasteiger partial charge in [-0.15, -0.1) is 0 Å². The van der Waals surface area contributed by atoms with Crippen molar-refractivity contribution in [1.82, 2.24) is 0 Å². The Bertz CT molecular complexity index is 625. The van der Waals surface area contributed by atoms with Crippen LogP contribution in [0.2, 0.25) is 0 Å². The Labute approximate surface area is 139 Å². The fraction of sp³-hybridized carbons (Fsp3) is 0.438. The Hall–Kier alpha value is -2.61. The molecule has 1 amide bonds. The average molecular weight is 336 g/mol. The third kappa shape index (κ3) is 4.95. The monoisotopic (exact) mass is 336 g/mol. The molecule has 0 bridgehead atoms. The number of hydrogen-bond donors (Lipinski definition) is 3. The molecule has 1 aromatic carbocycles. The molecule has 8 heteroatoms. The van der Waals surface area contributed by atoms with Gasteiger partial charge in [0, 0.05) is 31.6 Å². The Morgan fingerprint density at radius 3 is 2.46 bits per heavy atom. The molecule has 0 spiro atoms. The van der Waals surface area contributed by atoms with Gasteiger partial charge in [0.15, 0.2) is 0 Å². The minimum absolute atomic E-state index is 0.0694. The molecule has 0 unspecified atom stereocenters. The van der Waals surface area contributed by atoms with Gasteiger partial charge < -0.3 is 25.2 Å². The van der Waals surface area contributed by atoms with Crippen molar-refractivity contribution >= 4 is 29.2 Å². The van der Waals surface area contributed by atoms with Crippen molar-refractivity contribution in [2.45, 2.75) is 19.3 Å². The highest BCUT2D eigenvalue weighted by Crippen LogP contribution is 2.25. The molecule has 0 saturated carbocycles. The number of carboxylic acid groups (broad SMARTS) is 2. The van der Waals surface area contributed by atoms with Gasteiger partial charge in [-0.3, -0.25) is 9.59 Å². The molecular formula is C16H20N2O6. The van der Waals surface area contributed by atoms with Crippen LogP contribution >= 0.6 is 0 Å². The third-order valence-corrected chi connectivity index (χ3v) is 3.66. The number of carboxylic acids is 2. The Morgan fingerprint density at radius 2 is 1.83 bits per heavy atom. The molecule has 2 rings (SSSR count). The Kier molecular flexibility index (Phi) is 6.14. The van der Waals surface area contributed by atoms with Crippen LogP contribution < -0.4 is 10.2 Å². The van der Waals surface area contributed by atoms with Crippen LogP contribution in [0.15, 0.2) is 18.2 Å². The van der Waals surface area contributed by atoms with Crippen molar-refractivity contribution in [3.8, 4) is 0 Å². The van der Waals surface area contributed by atoms with Gasteiger partial charge in [0.25, 0.3) is 0 Å². The van der Waals surface area contributed by atoms with Crippen LogP contribution in [-0.4, -0.2) is 54.4 Å². The number of anilines is 2. The maximum Gasteiger partial charge on any atom is 0.337 e. The zero-order chi connectivity index (χ0) is 17.5. The first kappa shape index (κ1) is 17.7. The summed E-state index contributed by atoms with van der Waals surface area (Å²) < 4.78 is 5.26. The minimum atomic E-state index is -1.07. The number of aliphatic carboxylic acids is 1. The Morgan fingerprint density at radius 1 is 1.12 bits per heavy atom. The van der Waals surface area contributed by atoms with Crippen LogP contribution in [0.1, 0.15) is 29.6 Å². The molecule has 24 heavy (non-hydrogen) atoms. The van der Waals surface area contributed by atoms with Crippen LogP contribution in [0.25, 0.3) is 0 Å². The summed E-state index contributed by atoms with van der Waals surface area (Å²) in [6, 6.07) is 4.73. The van der Waals surface area contributed by atoms with Crippen LogP contribution in [-0.2, 0) is 14.3 Å². The molecule has 8 nitrogen and oxygen atoms in total. The maximum atomic E-state index is 11.8. The molecule has 0 aliphatic carbocycles. The third-order valence-electron chi connectivity index (χ3n) is 3.66. The van der Waals surface area contributed by atoms with Gasteiger partial charge in [0.1, 0.15) is 0 Å². The number of rotatable bonds is 7. The normalized spacial score (nSPS) is 14.2. The number of carbonyl (C=O) groups excluding carboxylic acids is 1. The summed E-state index contributed by atoms with van der Waals surface area (Å²) in [5, 5.41) is 20.6. The van der Waals surface area contributed by atoms with Crippen molar-refractivity contribution in [2.75, 3.05) is 36.5 Å². The number of aromatic carboxylic acids is 1. The predicted octanol–water partition coefficient (Wildman–Crippen LogP) is 1.41. The number of benzene rings is 1. The highest BCUT2D eigenvalue weighted by atomic mass is 16.5. The molecule has 1 heterocycles. The summed E-state index contributed by atoms with van der Waals surface area (Å²) in [6.07, 6.45) is 0.225. The van der Waals surface area contributed by atoms with Crippen molar-refractivity contribution in [2.24, 2.45) is 0 Å². The second kappa shape index (κ2) is 8.30. The summed E-state index contributed by atoms with van der Waals surface area (Å²) in [5.41, 5.74) is 1.08. The molecule has 1 saturated heterocycles. The number of morpholine rings is 1. The van der Waals surface area contributed by atoms with Crippen molar-refractivity contribution in [3.63, 3.8) is 0 Å². The summed E-state index contributed by atoms with van der Waals surface area (Å²) in [7, 11) is 0. The smallest absolute Gasteiger partial charge is 0.337 e. The Balaban J connectivity index is 2.06. The standard InChI is InChI=1S/C16H20N2O6/c19-14(2-1-3-15(20)21)17-11-4-5-13(12(10-11)16(22)23)18-6-8-24-9-7-18/h4-5,10H,1-3,6-9H2,(H,17,19)(H,20,21)(H,22,23). The summed E-state index contributed by atoms with van der Waals surface area (Å²) in [5.74, 6) is -2.36. The maximum absolute atomic E-state index is 11.8. The number of nitrogens with one attached hydrogen (secondary N) is 1. The van der Waals surface area contributed by atoms with E-state index in [2.05, 4.69) is 5.32 Å². The average Bonchev–Trinajstić information content (AvgIpc) is 2.55. The summed E-state index contributed by atoms with van der Waals surface area (Å²) >= 11 is 0. The van der Waals surface area contributed by atoms with Gasteiger partial charge in [-0.05, 0) is 24.6 Å². The number of amides is 1. The minimum Gasteiger partial charge on any atom is -0.481 e. The summed E-state index contributed by atoms with van der Waals surface area (Å²) in [4.78, 5) is 35.7.